The minimum Gasteiger partial charge on any atom is -0.330 e. The molecule has 2 amide bonds. The quantitative estimate of drug-likeness (QED) is 0.741. The highest BCUT2D eigenvalue weighted by molar-refractivity contribution is 7.13. The summed E-state index contributed by atoms with van der Waals surface area (Å²) in [6.07, 6.45) is 3.39. The summed E-state index contributed by atoms with van der Waals surface area (Å²) >= 11 is 1.41. The Morgan fingerprint density at radius 1 is 1.04 bits per heavy atom. The van der Waals surface area contributed by atoms with Crippen LogP contribution >= 0.6 is 11.3 Å². The molecule has 1 aliphatic rings. The van der Waals surface area contributed by atoms with Crippen LogP contribution in [0.15, 0.2) is 54.2 Å². The molecule has 3 heterocycles. The summed E-state index contributed by atoms with van der Waals surface area (Å²) < 4.78 is 0. The standard InChI is InChI=1S/C17H12N4O2S/c22-15-13-5-1-2-6-14(13)16(23)21(15)9-12-10-24-17(20-12)19-11-4-3-7-18-8-11/h1-8,10H,9H2,(H,19,20). The van der Waals surface area contributed by atoms with E-state index in [2.05, 4.69) is 15.3 Å². The van der Waals surface area contributed by atoms with Crippen molar-refractivity contribution in [2.24, 2.45) is 0 Å². The molecular formula is C17H12N4O2S. The molecule has 0 atom stereocenters. The number of fused-ring (bicyclic) bond motifs is 1. The lowest BCUT2D eigenvalue weighted by atomic mass is 10.1. The summed E-state index contributed by atoms with van der Waals surface area (Å²) in [6.45, 7) is 0.164. The molecular weight excluding hydrogens is 324 g/mol. The molecule has 0 fully saturated rings. The van der Waals surface area contributed by atoms with E-state index in [1.54, 1.807) is 36.7 Å². The lowest BCUT2D eigenvalue weighted by Crippen LogP contribution is -2.29. The number of nitrogens with zero attached hydrogens (tertiary/aromatic N) is 3. The first-order valence-electron chi connectivity index (χ1n) is 7.29. The predicted octanol–water partition coefficient (Wildman–Crippen LogP) is 3.08. The third kappa shape index (κ3) is 2.55. The van der Waals surface area contributed by atoms with Gasteiger partial charge in [-0.25, -0.2) is 4.98 Å². The van der Waals surface area contributed by atoms with Crippen molar-refractivity contribution in [1.29, 1.82) is 0 Å². The van der Waals surface area contributed by atoms with E-state index in [4.69, 9.17) is 0 Å². The number of imide groups is 1. The largest absolute Gasteiger partial charge is 0.330 e. The second-order valence-electron chi connectivity index (χ2n) is 5.25. The number of benzene rings is 1. The van der Waals surface area contributed by atoms with Gasteiger partial charge in [0.05, 0.1) is 35.2 Å². The highest BCUT2D eigenvalue weighted by Gasteiger charge is 2.35. The van der Waals surface area contributed by atoms with Crippen molar-refractivity contribution in [2.75, 3.05) is 5.32 Å². The monoisotopic (exact) mass is 336 g/mol. The van der Waals surface area contributed by atoms with Crippen LogP contribution in [0.3, 0.4) is 0 Å². The Labute approximate surface area is 141 Å². The Bertz CT molecular complexity index is 888. The van der Waals surface area contributed by atoms with Crippen molar-refractivity contribution < 1.29 is 9.59 Å². The molecule has 0 radical (unpaired) electrons. The SMILES string of the molecule is O=C1c2ccccc2C(=O)N1Cc1csc(Nc2cccnc2)n1. The minimum absolute atomic E-state index is 0.164. The Morgan fingerprint density at radius 3 is 2.46 bits per heavy atom. The smallest absolute Gasteiger partial charge is 0.261 e. The molecule has 7 heteroatoms. The normalized spacial score (nSPS) is 13.2. The van der Waals surface area contributed by atoms with Gasteiger partial charge in [-0.3, -0.25) is 19.5 Å². The molecule has 1 aliphatic heterocycles. The Kier molecular flexibility index (Phi) is 3.55. The highest BCUT2D eigenvalue weighted by atomic mass is 32.1. The molecule has 1 N–H and O–H groups in total. The van der Waals surface area contributed by atoms with Gasteiger partial charge in [0, 0.05) is 11.6 Å². The van der Waals surface area contributed by atoms with Crippen molar-refractivity contribution in [3.05, 3.63) is 71.0 Å². The van der Waals surface area contributed by atoms with Crippen LogP contribution in [0.25, 0.3) is 0 Å². The number of amides is 2. The van der Waals surface area contributed by atoms with Crippen molar-refractivity contribution in [2.45, 2.75) is 6.54 Å². The molecule has 4 rings (SSSR count). The van der Waals surface area contributed by atoms with Crippen molar-refractivity contribution in [3.8, 4) is 0 Å². The van der Waals surface area contributed by atoms with E-state index in [0.717, 1.165) is 5.69 Å². The van der Waals surface area contributed by atoms with E-state index in [-0.39, 0.29) is 18.4 Å². The first-order chi connectivity index (χ1) is 11.7. The van der Waals surface area contributed by atoms with Gasteiger partial charge in [0.15, 0.2) is 5.13 Å². The van der Waals surface area contributed by atoms with Crippen LogP contribution in [0.2, 0.25) is 0 Å². The fourth-order valence-electron chi connectivity index (χ4n) is 2.54. The molecule has 3 aromatic rings. The molecule has 6 nitrogen and oxygen atoms in total. The van der Waals surface area contributed by atoms with E-state index < -0.39 is 0 Å². The van der Waals surface area contributed by atoms with Crippen LogP contribution in [0.4, 0.5) is 10.8 Å². The molecule has 24 heavy (non-hydrogen) atoms. The van der Waals surface area contributed by atoms with Gasteiger partial charge in [0.2, 0.25) is 0 Å². The van der Waals surface area contributed by atoms with E-state index in [1.165, 1.54) is 16.2 Å². The molecule has 118 valence electrons. The number of carbonyl (C=O) groups excluding carboxylic acids is 2. The number of pyridine rings is 1. The van der Waals surface area contributed by atoms with Gasteiger partial charge in [-0.15, -0.1) is 11.3 Å². The van der Waals surface area contributed by atoms with E-state index in [0.29, 0.717) is 22.0 Å². The van der Waals surface area contributed by atoms with Gasteiger partial charge in [-0.05, 0) is 24.3 Å². The van der Waals surface area contributed by atoms with E-state index >= 15 is 0 Å². The zero-order valence-electron chi connectivity index (χ0n) is 12.5. The third-order valence-corrected chi connectivity index (χ3v) is 4.47. The summed E-state index contributed by atoms with van der Waals surface area (Å²) in [5, 5.41) is 5.67. The first-order valence-corrected chi connectivity index (χ1v) is 8.17. The fourth-order valence-corrected chi connectivity index (χ4v) is 3.26. The Morgan fingerprint density at radius 2 is 1.79 bits per heavy atom. The average Bonchev–Trinajstić information content (AvgIpc) is 3.15. The molecule has 0 aliphatic carbocycles. The number of rotatable bonds is 4. The van der Waals surface area contributed by atoms with Crippen LogP contribution in [-0.4, -0.2) is 26.7 Å². The molecule has 0 unspecified atom stereocenters. The van der Waals surface area contributed by atoms with Crippen molar-refractivity contribution in [3.63, 3.8) is 0 Å². The predicted molar refractivity (Wildman–Crippen MR) is 90.3 cm³/mol. The van der Waals surface area contributed by atoms with Crippen LogP contribution in [0, 0.1) is 0 Å². The molecule has 0 saturated heterocycles. The number of aromatic nitrogens is 2. The van der Waals surface area contributed by atoms with Crippen LogP contribution < -0.4 is 5.32 Å². The number of anilines is 2. The molecule has 0 saturated carbocycles. The maximum Gasteiger partial charge on any atom is 0.261 e. The van der Waals surface area contributed by atoms with Gasteiger partial charge >= 0.3 is 0 Å². The fraction of sp³-hybridized carbons (Fsp3) is 0.0588. The number of carbonyl (C=O) groups is 2. The number of hydrogen-bond acceptors (Lipinski definition) is 6. The summed E-state index contributed by atoms with van der Waals surface area (Å²) in [7, 11) is 0. The number of thiazole rings is 1. The van der Waals surface area contributed by atoms with Crippen molar-refractivity contribution in [1.82, 2.24) is 14.9 Å². The van der Waals surface area contributed by atoms with Gasteiger partial charge in [0.1, 0.15) is 0 Å². The number of hydrogen-bond donors (Lipinski definition) is 1. The Hall–Kier alpha value is -3.06. The van der Waals surface area contributed by atoms with Gasteiger partial charge in [0.25, 0.3) is 11.8 Å². The summed E-state index contributed by atoms with van der Waals surface area (Å²) in [5.41, 5.74) is 2.40. The molecule has 1 aromatic carbocycles. The molecule has 2 aromatic heterocycles. The van der Waals surface area contributed by atoms with Gasteiger partial charge in [-0.2, -0.15) is 0 Å². The van der Waals surface area contributed by atoms with Gasteiger partial charge < -0.3 is 5.32 Å². The maximum atomic E-state index is 12.4. The van der Waals surface area contributed by atoms with Crippen molar-refractivity contribution >= 4 is 34.0 Å². The van der Waals surface area contributed by atoms with Crippen LogP contribution in [-0.2, 0) is 6.54 Å². The lowest BCUT2D eigenvalue weighted by Gasteiger charge is -2.11. The zero-order valence-corrected chi connectivity index (χ0v) is 13.3. The summed E-state index contributed by atoms with van der Waals surface area (Å²) in [5.74, 6) is -0.546. The second-order valence-corrected chi connectivity index (χ2v) is 6.11. The maximum absolute atomic E-state index is 12.4. The van der Waals surface area contributed by atoms with E-state index in [9.17, 15) is 9.59 Å². The van der Waals surface area contributed by atoms with Crippen LogP contribution in [0.5, 0.6) is 0 Å². The Balaban J connectivity index is 1.51. The van der Waals surface area contributed by atoms with Gasteiger partial charge in [-0.1, -0.05) is 12.1 Å². The molecule has 0 spiro atoms. The molecule has 0 bridgehead atoms. The topological polar surface area (TPSA) is 75.2 Å². The number of nitrogens with one attached hydrogen (secondary N) is 1. The lowest BCUT2D eigenvalue weighted by molar-refractivity contribution is 0.0640. The summed E-state index contributed by atoms with van der Waals surface area (Å²) in [4.78, 5) is 34.4. The minimum atomic E-state index is -0.273. The van der Waals surface area contributed by atoms with Crippen LogP contribution in [0.1, 0.15) is 26.4 Å². The first kappa shape index (κ1) is 14.5. The van der Waals surface area contributed by atoms with E-state index in [1.807, 2.05) is 17.5 Å². The average molecular weight is 336 g/mol. The third-order valence-electron chi connectivity index (χ3n) is 3.66. The zero-order chi connectivity index (χ0) is 16.5. The summed E-state index contributed by atoms with van der Waals surface area (Å²) in [6, 6.07) is 10.6. The highest BCUT2D eigenvalue weighted by Crippen LogP contribution is 2.26. The second kappa shape index (κ2) is 5.86.